The van der Waals surface area contributed by atoms with Crippen LogP contribution in [0.5, 0.6) is 5.75 Å². The van der Waals surface area contributed by atoms with Gasteiger partial charge in [-0.05, 0) is 57.8 Å². The quantitative estimate of drug-likeness (QED) is 0.608. The van der Waals surface area contributed by atoms with Gasteiger partial charge in [0.1, 0.15) is 5.75 Å². The maximum Gasteiger partial charge on any atom is 0.311 e. The highest BCUT2D eigenvalue weighted by Gasteiger charge is 2.20. The second kappa shape index (κ2) is 9.05. The van der Waals surface area contributed by atoms with Gasteiger partial charge in [-0.1, -0.05) is 12.1 Å². The number of likely N-dealkylation sites (N-methyl/N-ethyl adjacent to an activating group) is 1. The van der Waals surface area contributed by atoms with E-state index < -0.39 is 15.4 Å². The van der Waals surface area contributed by atoms with Crippen LogP contribution < -0.4 is 4.18 Å². The van der Waals surface area contributed by atoms with Crippen LogP contribution in [0.3, 0.4) is 0 Å². The Kier molecular flexibility index (Phi) is 7.04. The highest BCUT2D eigenvalue weighted by Crippen LogP contribution is 2.18. The Morgan fingerprint density at radius 2 is 1.78 bits per heavy atom. The van der Waals surface area contributed by atoms with E-state index in [-0.39, 0.29) is 17.4 Å². The van der Waals surface area contributed by atoms with Crippen molar-refractivity contribution in [3.05, 3.63) is 54.0 Å². The van der Waals surface area contributed by atoms with Crippen LogP contribution in [0, 0.1) is 0 Å². The largest absolute Gasteiger partial charge is 0.459 e. The van der Waals surface area contributed by atoms with Gasteiger partial charge in [0.15, 0.2) is 5.76 Å². The van der Waals surface area contributed by atoms with Crippen LogP contribution in [0.25, 0.3) is 0 Å². The summed E-state index contributed by atoms with van der Waals surface area (Å²) in [7, 11) is 0.252. The summed E-state index contributed by atoms with van der Waals surface area (Å²) in [6, 6.07) is 10.0. The number of rotatable bonds is 9. The Bertz CT molecular complexity index is 827. The Balaban J connectivity index is 2.11. The minimum Gasteiger partial charge on any atom is -0.459 e. The van der Waals surface area contributed by atoms with E-state index in [2.05, 4.69) is 0 Å². The molecule has 1 amide bonds. The lowest BCUT2D eigenvalue weighted by molar-refractivity contribution is 0.0700. The fourth-order valence-corrected chi connectivity index (χ4v) is 2.80. The summed E-state index contributed by atoms with van der Waals surface area (Å²) in [5, 5.41) is -0.621. The van der Waals surface area contributed by atoms with Gasteiger partial charge in [-0.15, -0.1) is 0 Å². The topological polar surface area (TPSA) is 80.1 Å². The van der Waals surface area contributed by atoms with Crippen molar-refractivity contribution < 1.29 is 21.8 Å². The molecule has 8 heteroatoms. The molecule has 0 bridgehead atoms. The standard InChI is InChI=1S/C19H26N2O5S/c1-15(2)27(23,24)26-17-9-7-16(8-10-17)14-21(12-11-20(3)4)19(22)18-6-5-13-25-18/h5-10,13,15H,11-12,14H2,1-4H3. The second-order valence-corrected chi connectivity index (χ2v) is 8.87. The molecule has 0 atom stereocenters. The Morgan fingerprint density at radius 1 is 1.11 bits per heavy atom. The highest BCUT2D eigenvalue weighted by molar-refractivity contribution is 7.87. The summed E-state index contributed by atoms with van der Waals surface area (Å²) >= 11 is 0. The zero-order valence-electron chi connectivity index (χ0n) is 16.1. The molecule has 2 aromatic rings. The maximum absolute atomic E-state index is 12.7. The van der Waals surface area contributed by atoms with Crippen molar-refractivity contribution in [2.75, 3.05) is 27.2 Å². The number of furan rings is 1. The predicted octanol–water partition coefficient (Wildman–Crippen LogP) is 2.60. The molecule has 0 aliphatic heterocycles. The molecule has 0 saturated heterocycles. The number of carbonyl (C=O) groups excluding carboxylic acids is 1. The maximum atomic E-state index is 12.7. The van der Waals surface area contributed by atoms with Crippen molar-refractivity contribution in [2.45, 2.75) is 25.6 Å². The van der Waals surface area contributed by atoms with E-state index in [1.54, 1.807) is 55.1 Å². The van der Waals surface area contributed by atoms with Gasteiger partial charge in [-0.2, -0.15) is 8.42 Å². The first-order chi connectivity index (χ1) is 12.7. The molecule has 1 aromatic heterocycles. The third-order valence-electron chi connectivity index (χ3n) is 3.92. The molecule has 1 aromatic carbocycles. The average molecular weight is 394 g/mol. The third kappa shape index (κ3) is 6.11. The van der Waals surface area contributed by atoms with E-state index in [4.69, 9.17) is 8.60 Å². The van der Waals surface area contributed by atoms with Crippen LogP contribution in [-0.4, -0.2) is 56.6 Å². The molecule has 148 valence electrons. The van der Waals surface area contributed by atoms with E-state index in [1.807, 2.05) is 19.0 Å². The average Bonchev–Trinajstić information content (AvgIpc) is 3.13. The van der Waals surface area contributed by atoms with Crippen LogP contribution in [0.15, 0.2) is 47.1 Å². The fourth-order valence-electron chi connectivity index (χ4n) is 2.23. The Morgan fingerprint density at radius 3 is 2.30 bits per heavy atom. The minimum atomic E-state index is -3.63. The first-order valence-electron chi connectivity index (χ1n) is 8.69. The molecule has 27 heavy (non-hydrogen) atoms. The SMILES string of the molecule is CC(C)S(=O)(=O)Oc1ccc(CN(CCN(C)C)C(=O)c2ccco2)cc1. The molecule has 0 saturated carbocycles. The molecule has 0 aliphatic rings. The van der Waals surface area contributed by atoms with Gasteiger partial charge >= 0.3 is 10.1 Å². The van der Waals surface area contributed by atoms with Crippen molar-refractivity contribution in [1.82, 2.24) is 9.80 Å². The van der Waals surface area contributed by atoms with Crippen molar-refractivity contribution in [2.24, 2.45) is 0 Å². The zero-order chi connectivity index (χ0) is 20.0. The molecule has 0 unspecified atom stereocenters. The monoisotopic (exact) mass is 394 g/mol. The number of amides is 1. The van der Waals surface area contributed by atoms with Crippen molar-refractivity contribution >= 4 is 16.0 Å². The summed E-state index contributed by atoms with van der Waals surface area (Å²) < 4.78 is 34.0. The molecule has 0 radical (unpaired) electrons. The summed E-state index contributed by atoms with van der Waals surface area (Å²) in [5.41, 5.74) is 0.864. The fraction of sp³-hybridized carbons (Fsp3) is 0.421. The molecule has 7 nitrogen and oxygen atoms in total. The van der Waals surface area contributed by atoms with Gasteiger partial charge in [0.2, 0.25) is 0 Å². The van der Waals surface area contributed by atoms with E-state index in [9.17, 15) is 13.2 Å². The molecule has 2 rings (SSSR count). The number of benzene rings is 1. The summed E-state index contributed by atoms with van der Waals surface area (Å²) in [6.45, 7) is 4.75. The van der Waals surface area contributed by atoms with E-state index in [1.165, 1.54) is 6.26 Å². The number of carbonyl (C=O) groups is 1. The van der Waals surface area contributed by atoms with Gasteiger partial charge in [0, 0.05) is 19.6 Å². The molecular weight excluding hydrogens is 368 g/mol. The lowest BCUT2D eigenvalue weighted by atomic mass is 10.2. The van der Waals surface area contributed by atoms with Crippen molar-refractivity contribution in [3.63, 3.8) is 0 Å². The third-order valence-corrected chi connectivity index (χ3v) is 5.50. The first-order valence-corrected chi connectivity index (χ1v) is 10.2. The second-order valence-electron chi connectivity index (χ2n) is 6.78. The summed E-state index contributed by atoms with van der Waals surface area (Å²) in [6.07, 6.45) is 1.47. The zero-order valence-corrected chi connectivity index (χ0v) is 16.9. The molecule has 0 N–H and O–H groups in total. The normalized spacial score (nSPS) is 11.8. The highest BCUT2D eigenvalue weighted by atomic mass is 32.2. The van der Waals surface area contributed by atoms with Gasteiger partial charge in [0.05, 0.1) is 11.5 Å². The van der Waals surface area contributed by atoms with Crippen molar-refractivity contribution in [3.8, 4) is 5.75 Å². The first kappa shape index (κ1) is 21.0. The number of nitrogens with zero attached hydrogens (tertiary/aromatic N) is 2. The lowest BCUT2D eigenvalue weighted by Gasteiger charge is -2.23. The Labute approximate surface area is 160 Å². The molecule has 0 aliphatic carbocycles. The van der Waals surface area contributed by atoms with Gasteiger partial charge < -0.3 is 18.4 Å². The van der Waals surface area contributed by atoms with Gasteiger partial charge in [-0.25, -0.2) is 0 Å². The number of hydrogen-bond acceptors (Lipinski definition) is 6. The Hall–Kier alpha value is -2.32. The summed E-state index contributed by atoms with van der Waals surface area (Å²) in [4.78, 5) is 16.4. The lowest BCUT2D eigenvalue weighted by Crippen LogP contribution is -2.36. The van der Waals surface area contributed by atoms with Crippen LogP contribution in [0.2, 0.25) is 0 Å². The van der Waals surface area contributed by atoms with Crippen LogP contribution >= 0.6 is 0 Å². The van der Waals surface area contributed by atoms with Crippen molar-refractivity contribution in [1.29, 1.82) is 0 Å². The smallest absolute Gasteiger partial charge is 0.311 e. The number of hydrogen-bond donors (Lipinski definition) is 0. The van der Waals surface area contributed by atoms with Gasteiger partial charge in [0.25, 0.3) is 5.91 Å². The molecule has 0 fully saturated rings. The molecule has 1 heterocycles. The van der Waals surface area contributed by atoms with Crippen LogP contribution in [-0.2, 0) is 16.7 Å². The van der Waals surface area contributed by atoms with Gasteiger partial charge in [-0.3, -0.25) is 4.79 Å². The molecule has 0 spiro atoms. The van der Waals surface area contributed by atoms with Crippen LogP contribution in [0.4, 0.5) is 0 Å². The van der Waals surface area contributed by atoms with E-state index in [0.29, 0.717) is 19.6 Å². The van der Waals surface area contributed by atoms with E-state index >= 15 is 0 Å². The minimum absolute atomic E-state index is 0.190. The predicted molar refractivity (Wildman–Crippen MR) is 103 cm³/mol. The molecular formula is C19H26N2O5S. The van der Waals surface area contributed by atoms with Crippen LogP contribution in [0.1, 0.15) is 30.0 Å². The van der Waals surface area contributed by atoms with E-state index in [0.717, 1.165) is 5.56 Å². The summed E-state index contributed by atoms with van der Waals surface area (Å²) in [5.74, 6) is 0.353.